The van der Waals surface area contributed by atoms with E-state index in [-0.39, 0.29) is 0 Å². The minimum Gasteiger partial charge on any atom is -0.340 e. The van der Waals surface area contributed by atoms with Crippen LogP contribution in [0.25, 0.3) is 10.9 Å². The molecule has 0 amide bonds. The summed E-state index contributed by atoms with van der Waals surface area (Å²) >= 11 is 0. The molecule has 0 aliphatic heterocycles. The molecule has 0 saturated heterocycles. The van der Waals surface area contributed by atoms with Gasteiger partial charge in [-0.15, -0.1) is 0 Å². The Morgan fingerprint density at radius 1 is 1.29 bits per heavy atom. The van der Waals surface area contributed by atoms with Gasteiger partial charge in [-0.25, -0.2) is 0 Å². The number of aromatic nitrogens is 3. The van der Waals surface area contributed by atoms with Crippen LogP contribution in [0.1, 0.15) is 30.6 Å². The Bertz CT molecular complexity index is 729. The van der Waals surface area contributed by atoms with E-state index in [1.807, 2.05) is 0 Å². The van der Waals surface area contributed by atoms with Gasteiger partial charge in [0, 0.05) is 25.2 Å². The zero-order chi connectivity index (χ0) is 14.7. The highest BCUT2D eigenvalue weighted by Gasteiger charge is 2.07. The average Bonchev–Trinajstić information content (AvgIpc) is 3.06. The van der Waals surface area contributed by atoms with Gasteiger partial charge in [-0.05, 0) is 42.1 Å². The molecular weight excluding hydrogens is 264 g/mol. The first-order chi connectivity index (χ1) is 10.3. The molecule has 0 atom stereocenters. The second-order valence-corrected chi connectivity index (χ2v) is 5.24. The van der Waals surface area contributed by atoms with Crippen molar-refractivity contribution in [3.05, 3.63) is 47.7 Å². The summed E-state index contributed by atoms with van der Waals surface area (Å²) in [6.45, 7) is 6.58. The standard InChI is InChI=1S/C16H20N4O/c1-3-7-17-10-13-4-5-15-14(9-13)6-8-20(15)11-16-18-12(2)21-19-16/h4-6,8-9,17H,3,7,10-11H2,1-2H3. The van der Waals surface area contributed by atoms with Crippen molar-refractivity contribution in [2.45, 2.75) is 33.4 Å². The van der Waals surface area contributed by atoms with Crippen LogP contribution in [0, 0.1) is 6.92 Å². The number of rotatable bonds is 6. The Labute approximate surface area is 124 Å². The van der Waals surface area contributed by atoms with E-state index in [1.54, 1.807) is 6.92 Å². The van der Waals surface area contributed by atoms with Gasteiger partial charge in [0.2, 0.25) is 5.89 Å². The molecule has 0 unspecified atom stereocenters. The summed E-state index contributed by atoms with van der Waals surface area (Å²) in [5, 5.41) is 8.62. The zero-order valence-corrected chi connectivity index (χ0v) is 12.5. The van der Waals surface area contributed by atoms with Crippen molar-refractivity contribution in [1.29, 1.82) is 0 Å². The summed E-state index contributed by atoms with van der Waals surface area (Å²) in [6, 6.07) is 8.69. The quantitative estimate of drug-likeness (QED) is 0.707. The molecule has 1 aromatic carbocycles. The van der Waals surface area contributed by atoms with Crippen molar-refractivity contribution < 1.29 is 4.52 Å². The first-order valence-electron chi connectivity index (χ1n) is 7.34. The van der Waals surface area contributed by atoms with Crippen LogP contribution >= 0.6 is 0 Å². The van der Waals surface area contributed by atoms with Crippen molar-refractivity contribution in [3.63, 3.8) is 0 Å². The van der Waals surface area contributed by atoms with Crippen LogP contribution in [-0.2, 0) is 13.1 Å². The highest BCUT2D eigenvalue weighted by atomic mass is 16.5. The molecule has 3 aromatic rings. The van der Waals surface area contributed by atoms with Gasteiger partial charge in [-0.1, -0.05) is 18.1 Å². The van der Waals surface area contributed by atoms with E-state index in [2.05, 4.69) is 57.4 Å². The molecule has 3 rings (SSSR count). The number of nitrogens with zero attached hydrogens (tertiary/aromatic N) is 3. The van der Waals surface area contributed by atoms with Crippen molar-refractivity contribution in [2.24, 2.45) is 0 Å². The summed E-state index contributed by atoms with van der Waals surface area (Å²) in [5.74, 6) is 1.31. The fourth-order valence-electron chi connectivity index (χ4n) is 2.46. The summed E-state index contributed by atoms with van der Waals surface area (Å²) < 4.78 is 7.16. The van der Waals surface area contributed by atoms with E-state index < -0.39 is 0 Å². The second kappa shape index (κ2) is 6.10. The van der Waals surface area contributed by atoms with Crippen molar-refractivity contribution in [2.75, 3.05) is 6.54 Å². The molecule has 21 heavy (non-hydrogen) atoms. The Morgan fingerprint density at radius 2 is 2.19 bits per heavy atom. The third-order valence-corrected chi connectivity index (χ3v) is 3.47. The van der Waals surface area contributed by atoms with Gasteiger partial charge in [0.25, 0.3) is 0 Å². The number of hydrogen-bond acceptors (Lipinski definition) is 4. The smallest absolute Gasteiger partial charge is 0.223 e. The minimum absolute atomic E-state index is 0.603. The molecule has 2 aromatic heterocycles. The SMILES string of the molecule is CCCNCc1ccc2c(ccn2Cc2noc(C)n2)c1. The number of nitrogens with one attached hydrogen (secondary N) is 1. The fourth-order valence-corrected chi connectivity index (χ4v) is 2.46. The van der Waals surface area contributed by atoms with Gasteiger partial charge in [-0.3, -0.25) is 0 Å². The average molecular weight is 284 g/mol. The van der Waals surface area contributed by atoms with Crippen molar-refractivity contribution in [1.82, 2.24) is 20.0 Å². The van der Waals surface area contributed by atoms with E-state index in [9.17, 15) is 0 Å². The van der Waals surface area contributed by atoms with Gasteiger partial charge in [0.1, 0.15) is 0 Å². The normalized spacial score (nSPS) is 11.3. The monoisotopic (exact) mass is 284 g/mol. The number of benzene rings is 1. The van der Waals surface area contributed by atoms with E-state index in [1.165, 1.54) is 16.5 Å². The van der Waals surface area contributed by atoms with Crippen LogP contribution < -0.4 is 5.32 Å². The third kappa shape index (κ3) is 3.13. The maximum absolute atomic E-state index is 5.02. The Hall–Kier alpha value is -2.14. The van der Waals surface area contributed by atoms with E-state index >= 15 is 0 Å². The first kappa shape index (κ1) is 13.8. The molecule has 0 aliphatic rings. The van der Waals surface area contributed by atoms with Crippen LogP contribution in [0.15, 0.2) is 35.0 Å². The lowest BCUT2D eigenvalue weighted by atomic mass is 10.1. The predicted octanol–water partition coefficient (Wildman–Crippen LogP) is 2.88. The zero-order valence-electron chi connectivity index (χ0n) is 12.5. The van der Waals surface area contributed by atoms with Crippen LogP contribution in [0.4, 0.5) is 0 Å². The fraction of sp³-hybridized carbons (Fsp3) is 0.375. The molecule has 0 aliphatic carbocycles. The minimum atomic E-state index is 0.603. The lowest BCUT2D eigenvalue weighted by molar-refractivity contribution is 0.386. The Balaban J connectivity index is 1.79. The van der Waals surface area contributed by atoms with Crippen molar-refractivity contribution in [3.8, 4) is 0 Å². The second-order valence-electron chi connectivity index (χ2n) is 5.24. The molecule has 5 nitrogen and oxygen atoms in total. The highest BCUT2D eigenvalue weighted by molar-refractivity contribution is 5.80. The first-order valence-corrected chi connectivity index (χ1v) is 7.34. The molecule has 1 N–H and O–H groups in total. The Kier molecular flexibility index (Phi) is 4.01. The predicted molar refractivity (Wildman–Crippen MR) is 82.1 cm³/mol. The molecular formula is C16H20N4O. The van der Waals surface area contributed by atoms with Crippen molar-refractivity contribution >= 4 is 10.9 Å². The summed E-state index contributed by atoms with van der Waals surface area (Å²) in [5.41, 5.74) is 2.50. The summed E-state index contributed by atoms with van der Waals surface area (Å²) in [7, 11) is 0. The van der Waals surface area contributed by atoms with Gasteiger partial charge in [0.15, 0.2) is 5.82 Å². The van der Waals surface area contributed by atoms with Crippen LogP contribution in [-0.4, -0.2) is 21.3 Å². The summed E-state index contributed by atoms with van der Waals surface area (Å²) in [6.07, 6.45) is 3.22. The third-order valence-electron chi connectivity index (χ3n) is 3.47. The molecule has 0 radical (unpaired) electrons. The van der Waals surface area contributed by atoms with E-state index in [4.69, 9.17) is 4.52 Å². The highest BCUT2D eigenvalue weighted by Crippen LogP contribution is 2.18. The molecule has 5 heteroatoms. The van der Waals surface area contributed by atoms with Gasteiger partial charge in [0.05, 0.1) is 6.54 Å². The lowest BCUT2D eigenvalue weighted by Gasteiger charge is -2.05. The largest absolute Gasteiger partial charge is 0.340 e. The number of aryl methyl sites for hydroxylation is 1. The molecule has 110 valence electrons. The molecule has 0 spiro atoms. The van der Waals surface area contributed by atoms with Crippen LogP contribution in [0.5, 0.6) is 0 Å². The molecule has 0 bridgehead atoms. The Morgan fingerprint density at radius 3 is 2.95 bits per heavy atom. The van der Waals surface area contributed by atoms with Gasteiger partial charge >= 0.3 is 0 Å². The van der Waals surface area contributed by atoms with E-state index in [0.717, 1.165) is 19.5 Å². The summed E-state index contributed by atoms with van der Waals surface area (Å²) in [4.78, 5) is 4.25. The maximum Gasteiger partial charge on any atom is 0.223 e. The number of hydrogen-bond donors (Lipinski definition) is 1. The van der Waals surface area contributed by atoms with Crippen LogP contribution in [0.2, 0.25) is 0 Å². The van der Waals surface area contributed by atoms with E-state index in [0.29, 0.717) is 18.3 Å². The van der Waals surface area contributed by atoms with Gasteiger partial charge in [-0.2, -0.15) is 4.98 Å². The molecule has 2 heterocycles. The molecule has 0 saturated carbocycles. The number of fused-ring (bicyclic) bond motifs is 1. The lowest BCUT2D eigenvalue weighted by Crippen LogP contribution is -2.13. The van der Waals surface area contributed by atoms with Crippen LogP contribution in [0.3, 0.4) is 0 Å². The topological polar surface area (TPSA) is 55.9 Å². The van der Waals surface area contributed by atoms with Gasteiger partial charge < -0.3 is 14.4 Å². The molecule has 0 fully saturated rings. The maximum atomic E-state index is 5.02.